The molecule has 1 saturated heterocycles. The van der Waals surface area contributed by atoms with Crippen molar-refractivity contribution in [2.24, 2.45) is 11.8 Å². The Labute approximate surface area is 128 Å². The summed E-state index contributed by atoms with van der Waals surface area (Å²) in [6.45, 7) is 1.23. The van der Waals surface area contributed by atoms with E-state index in [2.05, 4.69) is 41.0 Å². The third kappa shape index (κ3) is 3.02. The van der Waals surface area contributed by atoms with Gasteiger partial charge in [0, 0.05) is 18.1 Å². The minimum Gasteiger partial charge on any atom is -0.314 e. The van der Waals surface area contributed by atoms with Crippen LogP contribution < -0.4 is 10.6 Å². The summed E-state index contributed by atoms with van der Waals surface area (Å²) < 4.78 is 0. The molecular formula is C19H28N2. The summed E-state index contributed by atoms with van der Waals surface area (Å²) >= 11 is 0. The van der Waals surface area contributed by atoms with Gasteiger partial charge in [0.05, 0.1) is 0 Å². The summed E-state index contributed by atoms with van der Waals surface area (Å²) in [6.07, 6.45) is 9.78. The molecular weight excluding hydrogens is 256 g/mol. The molecule has 21 heavy (non-hydrogen) atoms. The van der Waals surface area contributed by atoms with Crippen LogP contribution in [0.25, 0.3) is 0 Å². The second kappa shape index (κ2) is 6.10. The number of hydrogen-bond donors (Lipinski definition) is 2. The normalized spacial score (nSPS) is 34.2. The van der Waals surface area contributed by atoms with Gasteiger partial charge in [-0.25, -0.2) is 0 Å². The van der Waals surface area contributed by atoms with Crippen LogP contribution in [0.4, 0.5) is 0 Å². The molecule has 0 bridgehead atoms. The topological polar surface area (TPSA) is 24.1 Å². The Bertz CT molecular complexity index is 448. The van der Waals surface area contributed by atoms with E-state index in [0.29, 0.717) is 6.04 Å². The second-order valence-electron chi connectivity index (χ2n) is 7.30. The quantitative estimate of drug-likeness (QED) is 0.862. The van der Waals surface area contributed by atoms with Gasteiger partial charge in [0.25, 0.3) is 0 Å². The molecule has 0 aromatic heterocycles. The number of hydrogen-bond acceptors (Lipinski definition) is 2. The highest BCUT2D eigenvalue weighted by Crippen LogP contribution is 2.43. The Morgan fingerprint density at radius 1 is 0.952 bits per heavy atom. The highest BCUT2D eigenvalue weighted by atomic mass is 15.0. The Morgan fingerprint density at radius 2 is 1.81 bits per heavy atom. The van der Waals surface area contributed by atoms with Gasteiger partial charge in [-0.15, -0.1) is 0 Å². The van der Waals surface area contributed by atoms with Crippen molar-refractivity contribution < 1.29 is 0 Å². The summed E-state index contributed by atoms with van der Waals surface area (Å²) in [5.41, 5.74) is 1.50. The van der Waals surface area contributed by atoms with Crippen LogP contribution in [-0.4, -0.2) is 18.6 Å². The van der Waals surface area contributed by atoms with Crippen molar-refractivity contribution in [3.8, 4) is 0 Å². The molecule has 4 atom stereocenters. The minimum absolute atomic E-state index is 0.596. The first-order valence-corrected chi connectivity index (χ1v) is 8.96. The van der Waals surface area contributed by atoms with Crippen LogP contribution in [0.15, 0.2) is 30.3 Å². The molecule has 4 unspecified atom stereocenters. The predicted octanol–water partition coefficient (Wildman–Crippen LogP) is 3.65. The van der Waals surface area contributed by atoms with Gasteiger partial charge >= 0.3 is 0 Å². The highest BCUT2D eigenvalue weighted by Gasteiger charge is 2.39. The van der Waals surface area contributed by atoms with E-state index >= 15 is 0 Å². The lowest BCUT2D eigenvalue weighted by molar-refractivity contribution is 0.288. The second-order valence-corrected chi connectivity index (χ2v) is 7.30. The Balaban J connectivity index is 1.47. The third-order valence-electron chi connectivity index (χ3n) is 5.83. The van der Waals surface area contributed by atoms with Crippen LogP contribution in [0.1, 0.15) is 56.6 Å². The fraction of sp³-hybridized carbons (Fsp3) is 0.684. The molecule has 3 fully saturated rings. The predicted molar refractivity (Wildman–Crippen MR) is 87.2 cm³/mol. The van der Waals surface area contributed by atoms with Crippen molar-refractivity contribution >= 4 is 0 Å². The average Bonchev–Trinajstić information content (AvgIpc) is 3.03. The molecule has 2 heteroatoms. The monoisotopic (exact) mass is 284 g/mol. The smallest absolute Gasteiger partial charge is 0.0351 e. The molecule has 2 saturated carbocycles. The fourth-order valence-electron chi connectivity index (χ4n) is 4.58. The van der Waals surface area contributed by atoms with E-state index in [1.54, 1.807) is 0 Å². The van der Waals surface area contributed by atoms with Gasteiger partial charge in [-0.2, -0.15) is 0 Å². The van der Waals surface area contributed by atoms with Crippen molar-refractivity contribution in [3.63, 3.8) is 0 Å². The Morgan fingerprint density at radius 3 is 2.52 bits per heavy atom. The standard InChI is InChI=1S/C19H28N2/c1-2-6-14(7-3-1)19(15-11-12-15)21-18-9-4-8-16(18)17-10-5-13-20-17/h1-3,6-7,15-21H,4-5,8-13H2. The van der Waals surface area contributed by atoms with Gasteiger partial charge in [-0.05, 0) is 62.5 Å². The molecule has 3 aliphatic rings. The van der Waals surface area contributed by atoms with Crippen molar-refractivity contribution in [2.45, 2.75) is 63.1 Å². The van der Waals surface area contributed by atoms with E-state index < -0.39 is 0 Å². The molecule has 0 radical (unpaired) electrons. The molecule has 0 amide bonds. The summed E-state index contributed by atoms with van der Waals surface area (Å²) in [5.74, 6) is 1.74. The van der Waals surface area contributed by atoms with Gasteiger partial charge in [0.2, 0.25) is 0 Å². The van der Waals surface area contributed by atoms with E-state index in [4.69, 9.17) is 0 Å². The maximum atomic E-state index is 4.08. The van der Waals surface area contributed by atoms with Crippen molar-refractivity contribution in [3.05, 3.63) is 35.9 Å². The van der Waals surface area contributed by atoms with Crippen LogP contribution in [-0.2, 0) is 0 Å². The number of benzene rings is 1. The lowest BCUT2D eigenvalue weighted by Crippen LogP contribution is -2.43. The first-order valence-electron chi connectivity index (χ1n) is 8.96. The van der Waals surface area contributed by atoms with Gasteiger partial charge in [0.15, 0.2) is 0 Å². The molecule has 2 aliphatic carbocycles. The number of rotatable bonds is 5. The Kier molecular flexibility index (Phi) is 4.00. The van der Waals surface area contributed by atoms with Crippen LogP contribution in [0.2, 0.25) is 0 Å². The fourth-order valence-corrected chi connectivity index (χ4v) is 4.58. The molecule has 4 rings (SSSR count). The van der Waals surface area contributed by atoms with E-state index in [9.17, 15) is 0 Å². The van der Waals surface area contributed by atoms with E-state index in [-0.39, 0.29) is 0 Å². The van der Waals surface area contributed by atoms with E-state index in [1.165, 1.54) is 57.1 Å². The SMILES string of the molecule is c1ccc(C(NC2CCCC2C2CCCN2)C2CC2)cc1. The van der Waals surface area contributed by atoms with E-state index in [0.717, 1.165) is 23.9 Å². The molecule has 2 N–H and O–H groups in total. The molecule has 0 spiro atoms. The van der Waals surface area contributed by atoms with Gasteiger partial charge < -0.3 is 10.6 Å². The molecule has 1 aromatic carbocycles. The van der Waals surface area contributed by atoms with Gasteiger partial charge in [-0.3, -0.25) is 0 Å². The molecule has 1 heterocycles. The lowest BCUT2D eigenvalue weighted by atomic mass is 9.91. The van der Waals surface area contributed by atoms with Gasteiger partial charge in [0.1, 0.15) is 0 Å². The maximum absolute atomic E-state index is 4.08. The zero-order valence-electron chi connectivity index (χ0n) is 12.9. The van der Waals surface area contributed by atoms with Crippen molar-refractivity contribution in [1.82, 2.24) is 10.6 Å². The first kappa shape index (κ1) is 13.8. The largest absolute Gasteiger partial charge is 0.314 e. The van der Waals surface area contributed by atoms with Crippen LogP contribution in [0.3, 0.4) is 0 Å². The van der Waals surface area contributed by atoms with Crippen LogP contribution >= 0.6 is 0 Å². The zero-order valence-corrected chi connectivity index (χ0v) is 12.9. The number of nitrogens with one attached hydrogen (secondary N) is 2. The highest BCUT2D eigenvalue weighted by molar-refractivity contribution is 5.21. The van der Waals surface area contributed by atoms with Crippen molar-refractivity contribution in [2.75, 3.05) is 6.54 Å². The molecule has 1 aliphatic heterocycles. The zero-order chi connectivity index (χ0) is 14.1. The third-order valence-corrected chi connectivity index (χ3v) is 5.83. The summed E-state index contributed by atoms with van der Waals surface area (Å²) in [4.78, 5) is 0. The minimum atomic E-state index is 0.596. The Hall–Kier alpha value is -0.860. The van der Waals surface area contributed by atoms with Crippen molar-refractivity contribution in [1.29, 1.82) is 0 Å². The summed E-state index contributed by atoms with van der Waals surface area (Å²) in [5, 5.41) is 7.83. The lowest BCUT2D eigenvalue weighted by Gasteiger charge is -2.31. The summed E-state index contributed by atoms with van der Waals surface area (Å²) in [7, 11) is 0. The van der Waals surface area contributed by atoms with E-state index in [1.807, 2.05) is 0 Å². The van der Waals surface area contributed by atoms with Gasteiger partial charge in [-0.1, -0.05) is 36.8 Å². The molecule has 1 aromatic rings. The average molecular weight is 284 g/mol. The van der Waals surface area contributed by atoms with Crippen LogP contribution in [0, 0.1) is 11.8 Å². The maximum Gasteiger partial charge on any atom is 0.0351 e. The van der Waals surface area contributed by atoms with Crippen LogP contribution in [0.5, 0.6) is 0 Å². The first-order chi connectivity index (χ1) is 10.4. The summed E-state index contributed by atoms with van der Waals surface area (Å²) in [6, 6.07) is 13.2. The molecule has 2 nitrogen and oxygen atoms in total. The molecule has 114 valence electrons.